The second-order valence-corrected chi connectivity index (χ2v) is 6.37. The van der Waals surface area contributed by atoms with Crippen LogP contribution in [0.3, 0.4) is 0 Å². The lowest BCUT2D eigenvalue weighted by molar-refractivity contribution is -0.137. The molecule has 0 radical (unpaired) electrons. The van der Waals surface area contributed by atoms with E-state index in [2.05, 4.69) is 32.6 Å². The van der Waals surface area contributed by atoms with Gasteiger partial charge in [0.05, 0.1) is 5.60 Å². The zero-order valence-corrected chi connectivity index (χ0v) is 12.9. The van der Waals surface area contributed by atoms with E-state index in [0.717, 1.165) is 45.3 Å². The van der Waals surface area contributed by atoms with Crippen LogP contribution in [0, 0.1) is 5.92 Å². The molecule has 0 aromatic rings. The van der Waals surface area contributed by atoms with Crippen molar-refractivity contribution >= 4 is 5.78 Å². The summed E-state index contributed by atoms with van der Waals surface area (Å²) in [4.78, 5) is 14.4. The van der Waals surface area contributed by atoms with Crippen molar-refractivity contribution in [3.05, 3.63) is 0 Å². The third-order valence-corrected chi connectivity index (χ3v) is 5.60. The van der Waals surface area contributed by atoms with Crippen LogP contribution in [-0.4, -0.2) is 41.5 Å². The fourth-order valence-corrected chi connectivity index (χ4v) is 3.77. The Morgan fingerprint density at radius 3 is 2.63 bits per heavy atom. The monoisotopic (exact) mass is 267 g/mol. The van der Waals surface area contributed by atoms with Gasteiger partial charge in [0.25, 0.3) is 0 Å². The molecule has 0 spiro atoms. The third kappa shape index (κ3) is 2.87. The Morgan fingerprint density at radius 2 is 2.00 bits per heavy atom. The Bertz CT molecular complexity index is 325. The third-order valence-electron chi connectivity index (χ3n) is 5.60. The molecule has 2 aliphatic heterocycles. The van der Waals surface area contributed by atoms with Gasteiger partial charge in [-0.3, -0.25) is 9.69 Å². The van der Waals surface area contributed by atoms with E-state index in [-0.39, 0.29) is 11.5 Å². The number of nitrogens with zero attached hydrogens (tertiary/aromatic N) is 1. The van der Waals surface area contributed by atoms with Gasteiger partial charge < -0.3 is 4.74 Å². The molecule has 2 aliphatic rings. The molecule has 19 heavy (non-hydrogen) atoms. The average Bonchev–Trinajstić information content (AvgIpc) is 2.45. The van der Waals surface area contributed by atoms with E-state index in [1.165, 1.54) is 0 Å². The minimum atomic E-state index is 0.0767. The molecule has 3 heteroatoms. The lowest BCUT2D eigenvalue weighted by Crippen LogP contribution is -2.56. The van der Waals surface area contributed by atoms with Gasteiger partial charge in [0.2, 0.25) is 0 Å². The lowest BCUT2D eigenvalue weighted by atomic mass is 9.82. The first kappa shape index (κ1) is 15.0. The van der Waals surface area contributed by atoms with Crippen LogP contribution < -0.4 is 0 Å². The summed E-state index contributed by atoms with van der Waals surface area (Å²) in [6.07, 6.45) is 5.17. The van der Waals surface area contributed by atoms with Crippen molar-refractivity contribution in [3.8, 4) is 0 Å². The molecule has 2 rings (SSSR count). The van der Waals surface area contributed by atoms with Gasteiger partial charge in [-0.05, 0) is 32.6 Å². The number of rotatable bonds is 3. The van der Waals surface area contributed by atoms with E-state index < -0.39 is 0 Å². The number of hydrogen-bond acceptors (Lipinski definition) is 3. The summed E-state index contributed by atoms with van der Waals surface area (Å²) < 4.78 is 6.07. The molecule has 0 aliphatic carbocycles. The standard InChI is InChI=1S/C16H29NO2/c1-5-16(6-2)11-14(8-10-19-16)17-9-7-15(18)12(3)13(17)4/h12-14H,5-11H2,1-4H3. The van der Waals surface area contributed by atoms with Crippen molar-refractivity contribution in [2.75, 3.05) is 13.2 Å². The van der Waals surface area contributed by atoms with Crippen molar-refractivity contribution in [1.29, 1.82) is 0 Å². The molecule has 0 N–H and O–H groups in total. The van der Waals surface area contributed by atoms with Crippen molar-refractivity contribution < 1.29 is 9.53 Å². The summed E-state index contributed by atoms with van der Waals surface area (Å²) in [5.74, 6) is 0.627. The molecular formula is C16H29NO2. The number of Topliss-reactive ketones (excluding diaryl/α,β-unsaturated/α-hetero) is 1. The molecule has 2 fully saturated rings. The Morgan fingerprint density at radius 1 is 1.32 bits per heavy atom. The largest absolute Gasteiger partial charge is 0.375 e. The summed E-state index contributed by atoms with van der Waals surface area (Å²) in [5.41, 5.74) is 0.0767. The average molecular weight is 267 g/mol. The van der Waals surface area contributed by atoms with Gasteiger partial charge in [-0.2, -0.15) is 0 Å². The van der Waals surface area contributed by atoms with Gasteiger partial charge >= 0.3 is 0 Å². The highest BCUT2D eigenvalue weighted by Crippen LogP contribution is 2.36. The van der Waals surface area contributed by atoms with Gasteiger partial charge in [-0.15, -0.1) is 0 Å². The van der Waals surface area contributed by atoms with E-state index >= 15 is 0 Å². The van der Waals surface area contributed by atoms with Crippen LogP contribution in [0.5, 0.6) is 0 Å². The second kappa shape index (κ2) is 5.92. The lowest BCUT2D eigenvalue weighted by Gasteiger charge is -2.48. The summed E-state index contributed by atoms with van der Waals surface area (Å²) in [6, 6.07) is 0.981. The molecule has 110 valence electrons. The number of carbonyl (C=O) groups is 1. The topological polar surface area (TPSA) is 29.5 Å². The number of carbonyl (C=O) groups excluding carboxylic acids is 1. The van der Waals surface area contributed by atoms with Crippen LogP contribution in [0.25, 0.3) is 0 Å². The van der Waals surface area contributed by atoms with E-state index in [1.807, 2.05) is 0 Å². The van der Waals surface area contributed by atoms with Crippen molar-refractivity contribution in [2.45, 2.75) is 77.5 Å². The van der Waals surface area contributed by atoms with Gasteiger partial charge in [-0.25, -0.2) is 0 Å². The number of ketones is 1. The highest BCUT2D eigenvalue weighted by atomic mass is 16.5. The second-order valence-electron chi connectivity index (χ2n) is 6.37. The number of hydrogen-bond donors (Lipinski definition) is 0. The number of ether oxygens (including phenoxy) is 1. The van der Waals surface area contributed by atoms with E-state index in [9.17, 15) is 4.79 Å². The molecular weight excluding hydrogens is 238 g/mol. The van der Waals surface area contributed by atoms with Crippen LogP contribution in [0.15, 0.2) is 0 Å². The highest BCUT2D eigenvalue weighted by Gasteiger charge is 2.41. The van der Waals surface area contributed by atoms with Gasteiger partial charge in [0, 0.05) is 37.6 Å². The fourth-order valence-electron chi connectivity index (χ4n) is 3.77. The van der Waals surface area contributed by atoms with Crippen LogP contribution in [0.2, 0.25) is 0 Å². The molecule has 3 unspecified atom stereocenters. The maximum absolute atomic E-state index is 11.8. The molecule has 3 nitrogen and oxygen atoms in total. The Balaban J connectivity index is 2.07. The first-order valence-electron chi connectivity index (χ1n) is 7.95. The van der Waals surface area contributed by atoms with Crippen LogP contribution in [0.4, 0.5) is 0 Å². The van der Waals surface area contributed by atoms with Gasteiger partial charge in [0.1, 0.15) is 5.78 Å². The maximum atomic E-state index is 11.8. The predicted octanol–water partition coefficient (Wildman–Crippen LogP) is 3.02. The molecule has 0 aromatic heterocycles. The van der Waals surface area contributed by atoms with E-state index in [4.69, 9.17) is 4.74 Å². The smallest absolute Gasteiger partial charge is 0.138 e. The number of piperidine rings is 1. The van der Waals surface area contributed by atoms with Crippen LogP contribution in [-0.2, 0) is 9.53 Å². The van der Waals surface area contributed by atoms with Gasteiger partial charge in [-0.1, -0.05) is 20.8 Å². The normalized spacial score (nSPS) is 36.4. The highest BCUT2D eigenvalue weighted by molar-refractivity contribution is 5.82. The molecule has 3 atom stereocenters. The minimum absolute atomic E-state index is 0.0767. The fraction of sp³-hybridized carbons (Fsp3) is 0.938. The molecule has 2 heterocycles. The van der Waals surface area contributed by atoms with Crippen LogP contribution in [0.1, 0.15) is 59.8 Å². The summed E-state index contributed by atoms with van der Waals surface area (Å²) in [7, 11) is 0. The molecule has 2 saturated heterocycles. The van der Waals surface area contributed by atoms with Gasteiger partial charge in [0.15, 0.2) is 0 Å². The zero-order valence-electron chi connectivity index (χ0n) is 12.9. The summed E-state index contributed by atoms with van der Waals surface area (Å²) in [6.45, 7) is 10.6. The molecule has 0 bridgehead atoms. The van der Waals surface area contributed by atoms with Crippen molar-refractivity contribution in [1.82, 2.24) is 4.90 Å². The Kier molecular flexibility index (Phi) is 4.67. The van der Waals surface area contributed by atoms with E-state index in [1.54, 1.807) is 0 Å². The van der Waals surface area contributed by atoms with E-state index in [0.29, 0.717) is 17.9 Å². The van der Waals surface area contributed by atoms with Crippen molar-refractivity contribution in [2.24, 2.45) is 5.92 Å². The molecule has 0 amide bonds. The minimum Gasteiger partial charge on any atom is -0.375 e. The maximum Gasteiger partial charge on any atom is 0.138 e. The SMILES string of the molecule is CCC1(CC)CC(N2CCC(=O)C(C)C2C)CCO1. The summed E-state index contributed by atoms with van der Waals surface area (Å²) in [5, 5.41) is 0. The predicted molar refractivity (Wildman–Crippen MR) is 77.2 cm³/mol. The number of likely N-dealkylation sites (tertiary alicyclic amines) is 1. The zero-order chi connectivity index (χ0) is 14.0. The Hall–Kier alpha value is -0.410. The van der Waals surface area contributed by atoms with Crippen LogP contribution >= 0.6 is 0 Å². The quantitative estimate of drug-likeness (QED) is 0.787. The molecule has 0 saturated carbocycles. The van der Waals surface area contributed by atoms with Crippen molar-refractivity contribution in [3.63, 3.8) is 0 Å². The summed E-state index contributed by atoms with van der Waals surface area (Å²) >= 11 is 0. The first-order valence-corrected chi connectivity index (χ1v) is 7.95. The Labute approximate surface area is 117 Å². The molecule has 0 aromatic carbocycles. The first-order chi connectivity index (χ1) is 9.03.